The van der Waals surface area contributed by atoms with Gasteiger partial charge in [0.15, 0.2) is 0 Å². The lowest BCUT2D eigenvalue weighted by Gasteiger charge is -2.12. The molecule has 1 heterocycles. The standard InChI is InChI=1S/C10H14ClN3/c1-7-2-3-8(4-7)13-10-6-12-5-9(11)14-10/h5-8H,2-4H2,1H3,(H,13,14). The van der Waals surface area contributed by atoms with Crippen LogP contribution in [0.25, 0.3) is 0 Å². The summed E-state index contributed by atoms with van der Waals surface area (Å²) in [6.07, 6.45) is 6.99. The number of nitrogens with zero attached hydrogens (tertiary/aromatic N) is 2. The first-order valence-corrected chi connectivity index (χ1v) is 5.36. The number of halogens is 1. The molecule has 2 rings (SSSR count). The minimum absolute atomic E-state index is 0.445. The Labute approximate surface area is 88.9 Å². The summed E-state index contributed by atoms with van der Waals surface area (Å²) in [5, 5.41) is 3.80. The van der Waals surface area contributed by atoms with Crippen molar-refractivity contribution in [3.8, 4) is 0 Å². The molecule has 3 nitrogen and oxygen atoms in total. The summed E-state index contributed by atoms with van der Waals surface area (Å²) in [6.45, 7) is 2.28. The third kappa shape index (κ3) is 2.35. The van der Waals surface area contributed by atoms with E-state index in [-0.39, 0.29) is 0 Å². The van der Waals surface area contributed by atoms with Crippen LogP contribution in [0.15, 0.2) is 12.4 Å². The quantitative estimate of drug-likeness (QED) is 0.818. The lowest BCUT2D eigenvalue weighted by Crippen LogP contribution is -2.16. The van der Waals surface area contributed by atoms with Crippen molar-refractivity contribution in [3.05, 3.63) is 17.5 Å². The van der Waals surface area contributed by atoms with Gasteiger partial charge in [0.25, 0.3) is 0 Å². The molecular formula is C10H14ClN3. The summed E-state index contributed by atoms with van der Waals surface area (Å²) in [5.74, 6) is 1.61. The van der Waals surface area contributed by atoms with Crippen molar-refractivity contribution in [2.45, 2.75) is 32.2 Å². The van der Waals surface area contributed by atoms with Gasteiger partial charge < -0.3 is 5.32 Å². The van der Waals surface area contributed by atoms with Gasteiger partial charge >= 0.3 is 0 Å². The maximum Gasteiger partial charge on any atom is 0.149 e. The first-order chi connectivity index (χ1) is 6.74. The van der Waals surface area contributed by atoms with Gasteiger partial charge in [-0.1, -0.05) is 18.5 Å². The molecule has 1 aromatic rings. The molecule has 2 unspecified atom stereocenters. The molecule has 0 amide bonds. The summed E-state index contributed by atoms with van der Waals surface area (Å²) in [7, 11) is 0. The monoisotopic (exact) mass is 211 g/mol. The molecule has 1 N–H and O–H groups in total. The Morgan fingerprint density at radius 1 is 1.43 bits per heavy atom. The average molecular weight is 212 g/mol. The number of rotatable bonds is 2. The lowest BCUT2D eigenvalue weighted by atomic mass is 10.1. The zero-order valence-corrected chi connectivity index (χ0v) is 8.96. The highest BCUT2D eigenvalue weighted by molar-refractivity contribution is 6.29. The topological polar surface area (TPSA) is 37.8 Å². The van der Waals surface area contributed by atoms with E-state index >= 15 is 0 Å². The van der Waals surface area contributed by atoms with Crippen molar-refractivity contribution >= 4 is 17.4 Å². The zero-order valence-electron chi connectivity index (χ0n) is 8.20. The van der Waals surface area contributed by atoms with E-state index in [2.05, 4.69) is 22.2 Å². The molecule has 0 radical (unpaired) electrons. The highest BCUT2D eigenvalue weighted by Crippen LogP contribution is 2.26. The van der Waals surface area contributed by atoms with E-state index in [1.807, 2.05) is 0 Å². The zero-order chi connectivity index (χ0) is 9.97. The second kappa shape index (κ2) is 4.13. The first-order valence-electron chi connectivity index (χ1n) is 4.98. The number of hydrogen-bond acceptors (Lipinski definition) is 3. The number of hydrogen-bond donors (Lipinski definition) is 1. The maximum absolute atomic E-state index is 5.75. The fourth-order valence-corrected chi connectivity index (χ4v) is 2.11. The molecule has 0 aliphatic heterocycles. The van der Waals surface area contributed by atoms with E-state index in [0.29, 0.717) is 11.2 Å². The van der Waals surface area contributed by atoms with Crippen LogP contribution in [0.4, 0.5) is 5.82 Å². The van der Waals surface area contributed by atoms with Crippen LogP contribution < -0.4 is 5.32 Å². The van der Waals surface area contributed by atoms with Crippen LogP contribution in [-0.2, 0) is 0 Å². The van der Waals surface area contributed by atoms with Gasteiger partial charge in [-0.3, -0.25) is 4.98 Å². The van der Waals surface area contributed by atoms with Gasteiger partial charge in [0, 0.05) is 6.04 Å². The minimum atomic E-state index is 0.445. The second-order valence-electron chi connectivity index (χ2n) is 3.99. The van der Waals surface area contributed by atoms with Crippen LogP contribution >= 0.6 is 11.6 Å². The predicted octanol–water partition coefficient (Wildman–Crippen LogP) is 2.73. The van der Waals surface area contributed by atoms with Gasteiger partial charge in [0.05, 0.1) is 12.4 Å². The van der Waals surface area contributed by atoms with Crippen molar-refractivity contribution in [1.29, 1.82) is 0 Å². The first kappa shape index (κ1) is 9.71. The Kier molecular flexibility index (Phi) is 2.87. The molecule has 76 valence electrons. The molecule has 1 aliphatic carbocycles. The second-order valence-corrected chi connectivity index (χ2v) is 4.37. The number of aromatic nitrogens is 2. The third-order valence-corrected chi connectivity index (χ3v) is 2.83. The fourth-order valence-electron chi connectivity index (χ4n) is 1.96. The van der Waals surface area contributed by atoms with Crippen molar-refractivity contribution in [2.24, 2.45) is 5.92 Å². The van der Waals surface area contributed by atoms with Crippen LogP contribution in [0, 0.1) is 5.92 Å². The van der Waals surface area contributed by atoms with Crippen LogP contribution in [0.3, 0.4) is 0 Å². The molecular weight excluding hydrogens is 198 g/mol. The highest BCUT2D eigenvalue weighted by Gasteiger charge is 2.21. The summed E-state index contributed by atoms with van der Waals surface area (Å²) >= 11 is 5.75. The molecule has 1 fully saturated rings. The van der Waals surface area contributed by atoms with Crippen molar-refractivity contribution in [2.75, 3.05) is 5.32 Å². The van der Waals surface area contributed by atoms with Gasteiger partial charge in [-0.2, -0.15) is 0 Å². The lowest BCUT2D eigenvalue weighted by molar-refractivity contribution is 0.602. The number of anilines is 1. The Balaban J connectivity index is 1.97. The van der Waals surface area contributed by atoms with Gasteiger partial charge in [-0.15, -0.1) is 0 Å². The molecule has 14 heavy (non-hydrogen) atoms. The van der Waals surface area contributed by atoms with Crippen LogP contribution in [0.1, 0.15) is 26.2 Å². The van der Waals surface area contributed by atoms with E-state index in [4.69, 9.17) is 11.6 Å². The highest BCUT2D eigenvalue weighted by atomic mass is 35.5. The smallest absolute Gasteiger partial charge is 0.149 e. The van der Waals surface area contributed by atoms with E-state index in [1.54, 1.807) is 12.4 Å². The van der Waals surface area contributed by atoms with Crippen LogP contribution in [-0.4, -0.2) is 16.0 Å². The number of nitrogens with one attached hydrogen (secondary N) is 1. The SMILES string of the molecule is CC1CCC(Nc2cncc(Cl)n2)C1. The summed E-state index contributed by atoms with van der Waals surface area (Å²) in [6, 6.07) is 0.540. The molecule has 2 atom stereocenters. The largest absolute Gasteiger partial charge is 0.366 e. The predicted molar refractivity (Wildman–Crippen MR) is 57.5 cm³/mol. The van der Waals surface area contributed by atoms with E-state index in [0.717, 1.165) is 11.7 Å². The van der Waals surface area contributed by atoms with E-state index in [9.17, 15) is 0 Å². The van der Waals surface area contributed by atoms with Crippen LogP contribution in [0.5, 0.6) is 0 Å². The average Bonchev–Trinajstić information content (AvgIpc) is 2.51. The Hall–Kier alpha value is -0.830. The van der Waals surface area contributed by atoms with Crippen LogP contribution in [0.2, 0.25) is 5.15 Å². The molecule has 0 bridgehead atoms. The Morgan fingerprint density at radius 2 is 2.29 bits per heavy atom. The van der Waals surface area contributed by atoms with E-state index in [1.165, 1.54) is 19.3 Å². The molecule has 1 saturated carbocycles. The van der Waals surface area contributed by atoms with E-state index < -0.39 is 0 Å². The minimum Gasteiger partial charge on any atom is -0.366 e. The summed E-state index contributed by atoms with van der Waals surface area (Å²) in [5.41, 5.74) is 0. The van der Waals surface area contributed by atoms with Crippen molar-refractivity contribution in [1.82, 2.24) is 9.97 Å². The fraction of sp³-hybridized carbons (Fsp3) is 0.600. The summed E-state index contributed by atoms with van der Waals surface area (Å²) < 4.78 is 0. The molecule has 0 saturated heterocycles. The molecule has 1 aliphatic rings. The maximum atomic E-state index is 5.75. The normalized spacial score (nSPS) is 26.4. The van der Waals surface area contributed by atoms with Crippen molar-refractivity contribution in [3.63, 3.8) is 0 Å². The Bertz CT molecular complexity index is 316. The molecule has 0 spiro atoms. The van der Waals surface area contributed by atoms with Crippen molar-refractivity contribution < 1.29 is 0 Å². The van der Waals surface area contributed by atoms with Gasteiger partial charge in [0.2, 0.25) is 0 Å². The Morgan fingerprint density at radius 3 is 2.93 bits per heavy atom. The third-order valence-electron chi connectivity index (χ3n) is 2.65. The molecule has 1 aromatic heterocycles. The van der Waals surface area contributed by atoms with Gasteiger partial charge in [-0.05, 0) is 25.2 Å². The molecule has 4 heteroatoms. The van der Waals surface area contributed by atoms with Gasteiger partial charge in [0.1, 0.15) is 11.0 Å². The van der Waals surface area contributed by atoms with Gasteiger partial charge in [-0.25, -0.2) is 4.98 Å². The molecule has 0 aromatic carbocycles. The summed E-state index contributed by atoms with van der Waals surface area (Å²) in [4.78, 5) is 8.14.